The van der Waals surface area contributed by atoms with Crippen molar-refractivity contribution in [1.29, 1.82) is 0 Å². The summed E-state index contributed by atoms with van der Waals surface area (Å²) in [6.07, 6.45) is 8.82. The first-order valence-corrected chi connectivity index (χ1v) is 10.4. The highest BCUT2D eigenvalue weighted by Crippen LogP contribution is 2.74. The minimum Gasteiger partial charge on any atom is -0.365 e. The van der Waals surface area contributed by atoms with E-state index < -0.39 is 0 Å². The van der Waals surface area contributed by atoms with E-state index in [1.54, 1.807) is 0 Å². The fourth-order valence-electron chi connectivity index (χ4n) is 8.24. The molecular formula is C21H30O4. The van der Waals surface area contributed by atoms with Crippen LogP contribution in [0.3, 0.4) is 0 Å². The minimum atomic E-state index is -0.376. The highest BCUT2D eigenvalue weighted by molar-refractivity contribution is 5.84. The van der Waals surface area contributed by atoms with E-state index in [1.165, 1.54) is 12.8 Å². The number of ketones is 1. The number of fused-ring (bicyclic) bond motifs is 4. The highest BCUT2D eigenvalue weighted by Gasteiger charge is 2.78. The van der Waals surface area contributed by atoms with Gasteiger partial charge in [0.2, 0.25) is 0 Å². The Hall–Kier alpha value is -0.450. The molecule has 0 bridgehead atoms. The summed E-state index contributed by atoms with van der Waals surface area (Å²) in [5.41, 5.74) is 0.383. The van der Waals surface area contributed by atoms with Gasteiger partial charge in [-0.25, -0.2) is 0 Å². The van der Waals surface area contributed by atoms with Crippen LogP contribution in [0.15, 0.2) is 0 Å². The zero-order valence-electron chi connectivity index (χ0n) is 15.5. The lowest BCUT2D eigenvalue weighted by Gasteiger charge is -2.59. The van der Waals surface area contributed by atoms with Crippen LogP contribution in [0.25, 0.3) is 0 Å². The molecule has 2 spiro atoms. The summed E-state index contributed by atoms with van der Waals surface area (Å²) in [6.45, 7) is 6.27. The maximum absolute atomic E-state index is 12.8. The molecule has 4 saturated carbocycles. The molecule has 2 saturated heterocycles. The lowest BCUT2D eigenvalue weighted by molar-refractivity contribution is -0.234. The molecule has 0 radical (unpaired) electrons. The first-order chi connectivity index (χ1) is 11.9. The van der Waals surface area contributed by atoms with Gasteiger partial charge in [-0.05, 0) is 49.4 Å². The second kappa shape index (κ2) is 4.51. The lowest BCUT2D eigenvalue weighted by atomic mass is 9.44. The van der Waals surface area contributed by atoms with E-state index in [0.717, 1.165) is 51.7 Å². The number of epoxide rings is 1. The molecule has 0 aromatic heterocycles. The van der Waals surface area contributed by atoms with Crippen LogP contribution >= 0.6 is 0 Å². The Morgan fingerprint density at radius 1 is 1.04 bits per heavy atom. The number of hydrogen-bond donors (Lipinski definition) is 0. The van der Waals surface area contributed by atoms with Gasteiger partial charge in [0.1, 0.15) is 11.4 Å². The van der Waals surface area contributed by atoms with E-state index in [2.05, 4.69) is 13.8 Å². The zero-order chi connectivity index (χ0) is 17.1. The largest absolute Gasteiger partial charge is 0.365 e. The van der Waals surface area contributed by atoms with Crippen molar-refractivity contribution in [2.75, 3.05) is 13.2 Å². The molecule has 6 fully saturated rings. The van der Waals surface area contributed by atoms with Crippen molar-refractivity contribution in [3.8, 4) is 0 Å². The molecule has 25 heavy (non-hydrogen) atoms. The molecule has 6 rings (SSSR count). The van der Waals surface area contributed by atoms with Crippen LogP contribution in [-0.2, 0) is 19.0 Å². The summed E-state index contributed by atoms with van der Waals surface area (Å²) in [7, 11) is 0. The van der Waals surface area contributed by atoms with Gasteiger partial charge in [0.25, 0.3) is 0 Å². The van der Waals surface area contributed by atoms with Crippen molar-refractivity contribution in [3.63, 3.8) is 0 Å². The molecule has 6 aliphatic rings. The third-order valence-electron chi connectivity index (χ3n) is 9.43. The average molecular weight is 346 g/mol. The standard InChI is InChI=1S/C21H30O4/c1-18-5-3-14-13(17(18)15(22)4-6-18)11-16-21(25-16)8-7-20(12-19(14,21)2)23-9-10-24-20/h13-14,16-17H,3-12H2,1-2H3/t13-,14+,16-,17-,18-,19+,21-/m0/s1. The topological polar surface area (TPSA) is 48.1 Å². The van der Waals surface area contributed by atoms with Gasteiger partial charge in [-0.15, -0.1) is 0 Å². The van der Waals surface area contributed by atoms with Crippen LogP contribution in [0.4, 0.5) is 0 Å². The van der Waals surface area contributed by atoms with Crippen LogP contribution in [0.1, 0.15) is 65.2 Å². The third-order valence-corrected chi connectivity index (χ3v) is 9.43. The van der Waals surface area contributed by atoms with Crippen LogP contribution in [0.2, 0.25) is 0 Å². The Bertz CT molecular complexity index is 640. The maximum atomic E-state index is 12.8. The fourth-order valence-corrected chi connectivity index (χ4v) is 8.24. The average Bonchev–Trinajstić information content (AvgIpc) is 2.95. The van der Waals surface area contributed by atoms with Gasteiger partial charge < -0.3 is 14.2 Å². The highest BCUT2D eigenvalue weighted by atomic mass is 16.7. The van der Waals surface area contributed by atoms with E-state index in [4.69, 9.17) is 14.2 Å². The molecule has 138 valence electrons. The fraction of sp³-hybridized carbons (Fsp3) is 0.952. The lowest BCUT2D eigenvalue weighted by Crippen LogP contribution is -2.61. The Balaban J connectivity index is 1.40. The number of Topliss-reactive ketones (excluding diaryl/α,β-unsaturated/α-hetero) is 1. The molecule has 2 aliphatic heterocycles. The Morgan fingerprint density at radius 3 is 2.64 bits per heavy atom. The first-order valence-electron chi connectivity index (χ1n) is 10.4. The molecule has 4 heteroatoms. The summed E-state index contributed by atoms with van der Waals surface area (Å²) in [4.78, 5) is 12.8. The van der Waals surface area contributed by atoms with Gasteiger partial charge in [-0.3, -0.25) is 4.79 Å². The van der Waals surface area contributed by atoms with Gasteiger partial charge in [-0.1, -0.05) is 13.8 Å². The normalized spacial score (nSPS) is 58.4. The van der Waals surface area contributed by atoms with Crippen molar-refractivity contribution < 1.29 is 19.0 Å². The summed E-state index contributed by atoms with van der Waals surface area (Å²) in [5.74, 6) is 1.52. The third kappa shape index (κ3) is 1.73. The predicted octanol–water partition coefficient (Wildman–Crippen LogP) is 3.47. The zero-order valence-corrected chi connectivity index (χ0v) is 15.5. The van der Waals surface area contributed by atoms with E-state index in [1.807, 2.05) is 0 Å². The molecule has 7 atom stereocenters. The van der Waals surface area contributed by atoms with Crippen molar-refractivity contribution in [2.45, 2.75) is 82.7 Å². The van der Waals surface area contributed by atoms with Gasteiger partial charge in [0, 0.05) is 30.6 Å². The Morgan fingerprint density at radius 2 is 1.84 bits per heavy atom. The predicted molar refractivity (Wildman–Crippen MR) is 90.9 cm³/mol. The molecule has 0 amide bonds. The van der Waals surface area contributed by atoms with E-state index in [9.17, 15) is 4.79 Å². The van der Waals surface area contributed by atoms with E-state index in [0.29, 0.717) is 23.7 Å². The second-order valence-corrected chi connectivity index (χ2v) is 10.3. The molecule has 4 aliphatic carbocycles. The SMILES string of the molecule is C[C@]12CCC(=O)[C@@H]1[C@H]1C[C@@H]3O[C@@]34CCC3(C[C@]4(C)[C@@H]1CC2)OCCO3. The molecule has 0 unspecified atom stereocenters. The Labute approximate surface area is 150 Å². The number of carbonyl (C=O) groups is 1. The summed E-state index contributed by atoms with van der Waals surface area (Å²) >= 11 is 0. The van der Waals surface area contributed by atoms with E-state index in [-0.39, 0.29) is 28.1 Å². The molecule has 4 nitrogen and oxygen atoms in total. The van der Waals surface area contributed by atoms with Crippen molar-refractivity contribution >= 4 is 5.78 Å². The quantitative estimate of drug-likeness (QED) is 0.630. The molecule has 2 heterocycles. The summed E-state index contributed by atoms with van der Waals surface area (Å²) < 4.78 is 18.7. The monoisotopic (exact) mass is 346 g/mol. The number of hydrogen-bond acceptors (Lipinski definition) is 4. The van der Waals surface area contributed by atoms with Gasteiger partial charge in [0.15, 0.2) is 5.79 Å². The van der Waals surface area contributed by atoms with Crippen LogP contribution in [0, 0.1) is 28.6 Å². The Kier molecular flexibility index (Phi) is 2.81. The van der Waals surface area contributed by atoms with Crippen LogP contribution in [-0.4, -0.2) is 36.5 Å². The number of carbonyl (C=O) groups excluding carboxylic acids is 1. The molecular weight excluding hydrogens is 316 g/mol. The first kappa shape index (κ1) is 15.6. The van der Waals surface area contributed by atoms with E-state index >= 15 is 0 Å². The maximum Gasteiger partial charge on any atom is 0.169 e. The van der Waals surface area contributed by atoms with Crippen molar-refractivity contribution in [1.82, 2.24) is 0 Å². The minimum absolute atomic E-state index is 0.0458. The summed E-state index contributed by atoms with van der Waals surface area (Å²) in [5, 5.41) is 0. The van der Waals surface area contributed by atoms with Gasteiger partial charge >= 0.3 is 0 Å². The molecule has 0 aromatic rings. The summed E-state index contributed by atoms with van der Waals surface area (Å²) in [6, 6.07) is 0. The molecule has 0 aromatic carbocycles. The van der Waals surface area contributed by atoms with Crippen molar-refractivity contribution in [2.24, 2.45) is 28.6 Å². The van der Waals surface area contributed by atoms with Crippen LogP contribution in [0.5, 0.6) is 0 Å². The smallest absolute Gasteiger partial charge is 0.169 e. The van der Waals surface area contributed by atoms with Gasteiger partial charge in [-0.2, -0.15) is 0 Å². The number of ether oxygens (including phenoxy) is 3. The number of rotatable bonds is 0. The second-order valence-electron chi connectivity index (χ2n) is 10.3. The van der Waals surface area contributed by atoms with Crippen LogP contribution < -0.4 is 0 Å². The molecule has 0 N–H and O–H groups in total. The van der Waals surface area contributed by atoms with Gasteiger partial charge in [0.05, 0.1) is 19.3 Å². The van der Waals surface area contributed by atoms with Crippen molar-refractivity contribution in [3.05, 3.63) is 0 Å².